The summed E-state index contributed by atoms with van der Waals surface area (Å²) in [7, 11) is 0. The Kier molecular flexibility index (Phi) is 5.57. The van der Waals surface area contributed by atoms with Gasteiger partial charge in [-0.3, -0.25) is 9.59 Å². The van der Waals surface area contributed by atoms with Gasteiger partial charge in [0, 0.05) is 21.3 Å². The zero-order valence-electron chi connectivity index (χ0n) is 16.7. The first-order valence-electron chi connectivity index (χ1n) is 9.19. The monoisotopic (exact) mass is 459 g/mol. The number of hydrogen-bond acceptors (Lipinski definition) is 7. The van der Waals surface area contributed by atoms with Crippen LogP contribution in [0.15, 0.2) is 33.9 Å². The lowest BCUT2D eigenvalue weighted by Crippen LogP contribution is -2.15. The van der Waals surface area contributed by atoms with Gasteiger partial charge in [-0.2, -0.15) is 0 Å². The molecule has 0 aliphatic rings. The Hall–Kier alpha value is -2.42. The largest absolute Gasteiger partial charge is 0.410 e. The summed E-state index contributed by atoms with van der Waals surface area (Å²) in [6, 6.07) is 7.80. The van der Waals surface area contributed by atoms with Gasteiger partial charge in [-0.05, 0) is 39.3 Å². The van der Waals surface area contributed by atoms with Crippen molar-refractivity contribution < 1.29 is 14.0 Å². The van der Waals surface area contributed by atoms with Gasteiger partial charge >= 0.3 is 0 Å². The molecule has 154 valence electrons. The molecule has 4 rings (SSSR count). The van der Waals surface area contributed by atoms with Crippen molar-refractivity contribution in [2.75, 3.05) is 0 Å². The van der Waals surface area contributed by atoms with Crippen molar-refractivity contribution in [1.29, 1.82) is 0 Å². The Balaban J connectivity index is 1.56. The molecule has 30 heavy (non-hydrogen) atoms. The molecule has 3 heterocycles. The Morgan fingerprint density at radius 1 is 1.23 bits per heavy atom. The summed E-state index contributed by atoms with van der Waals surface area (Å²) >= 11 is 9.14. The van der Waals surface area contributed by atoms with Gasteiger partial charge in [-0.1, -0.05) is 41.6 Å². The quantitative estimate of drug-likeness (QED) is 0.276. The number of ketones is 2. The fourth-order valence-electron chi connectivity index (χ4n) is 3.43. The molecule has 9 heteroatoms. The Morgan fingerprint density at radius 3 is 2.63 bits per heavy atom. The second-order valence-corrected chi connectivity index (χ2v) is 9.64. The number of halogens is 1. The van der Waals surface area contributed by atoms with Gasteiger partial charge in [0.25, 0.3) is 11.1 Å². The molecule has 6 nitrogen and oxygen atoms in total. The van der Waals surface area contributed by atoms with E-state index in [1.807, 2.05) is 24.3 Å². The first-order valence-corrected chi connectivity index (χ1v) is 11.3. The van der Waals surface area contributed by atoms with E-state index in [9.17, 15) is 9.59 Å². The lowest BCUT2D eigenvalue weighted by Gasteiger charge is -2.07. The number of aromatic nitrogens is 3. The molecule has 1 N–H and O–H groups in total. The molecule has 0 spiro atoms. The van der Waals surface area contributed by atoms with Crippen molar-refractivity contribution in [3.63, 3.8) is 0 Å². The van der Waals surface area contributed by atoms with Gasteiger partial charge in [0.1, 0.15) is 4.88 Å². The van der Waals surface area contributed by atoms with Crippen LogP contribution in [0.2, 0.25) is 5.02 Å². The number of aromatic amines is 1. The second kappa shape index (κ2) is 8.02. The molecule has 0 unspecified atom stereocenters. The number of H-pyrrole nitrogens is 1. The number of benzene rings is 1. The normalized spacial score (nSPS) is 12.4. The van der Waals surface area contributed by atoms with Crippen molar-refractivity contribution >= 4 is 56.4 Å². The number of aryl methyl sites for hydroxylation is 1. The van der Waals surface area contributed by atoms with E-state index < -0.39 is 5.25 Å². The molecular weight excluding hydrogens is 442 g/mol. The molecule has 0 saturated heterocycles. The number of carbonyl (C=O) groups excluding carboxylic acids is 2. The average molecular weight is 460 g/mol. The number of carbonyl (C=O) groups is 2. The number of Topliss-reactive ketones (excluding diaryl/α,β-unsaturated/α-hetero) is 2. The third kappa shape index (κ3) is 3.59. The maximum Gasteiger partial charge on any atom is 0.277 e. The van der Waals surface area contributed by atoms with Crippen molar-refractivity contribution in [2.45, 2.75) is 38.2 Å². The molecule has 4 aromatic rings. The zero-order valence-corrected chi connectivity index (χ0v) is 19.1. The molecule has 0 fully saturated rings. The highest BCUT2D eigenvalue weighted by atomic mass is 35.5. The van der Waals surface area contributed by atoms with Crippen molar-refractivity contribution in [3.8, 4) is 10.8 Å². The molecule has 0 amide bonds. The number of fused-ring (bicyclic) bond motifs is 1. The van der Waals surface area contributed by atoms with Crippen LogP contribution in [0, 0.1) is 13.8 Å². The molecule has 1 atom stereocenters. The highest BCUT2D eigenvalue weighted by molar-refractivity contribution is 8.00. The fraction of sp³-hybridized carbons (Fsp3) is 0.238. The third-order valence-corrected chi connectivity index (χ3v) is 7.42. The summed E-state index contributed by atoms with van der Waals surface area (Å²) in [6.07, 6.45) is 0. The van der Waals surface area contributed by atoms with E-state index in [-0.39, 0.29) is 16.8 Å². The highest BCUT2D eigenvalue weighted by Crippen LogP contribution is 2.42. The number of nitrogens with one attached hydrogen (secondary N) is 1. The number of rotatable bonds is 6. The molecule has 0 aliphatic carbocycles. The molecule has 3 aromatic heterocycles. The van der Waals surface area contributed by atoms with E-state index in [0.29, 0.717) is 38.3 Å². The predicted molar refractivity (Wildman–Crippen MR) is 120 cm³/mol. The van der Waals surface area contributed by atoms with E-state index in [1.165, 1.54) is 30.0 Å². The minimum atomic E-state index is -0.479. The number of nitrogens with zero attached hydrogens (tertiary/aromatic N) is 2. The van der Waals surface area contributed by atoms with E-state index in [0.717, 1.165) is 10.1 Å². The molecule has 0 aliphatic heterocycles. The second-order valence-electron chi connectivity index (χ2n) is 6.92. The minimum Gasteiger partial charge on any atom is -0.410 e. The SMILES string of the molecule is CC(=O)c1c(C)[nH]c(C(=O)[C@@H](C)Sc2nnc(-c3sc4ccccc4c3Cl)o2)c1C. The van der Waals surface area contributed by atoms with Crippen molar-refractivity contribution in [2.24, 2.45) is 0 Å². The lowest BCUT2D eigenvalue weighted by atomic mass is 10.0. The minimum absolute atomic E-state index is 0.0673. The van der Waals surface area contributed by atoms with Crippen molar-refractivity contribution in [1.82, 2.24) is 15.2 Å². The summed E-state index contributed by atoms with van der Waals surface area (Å²) in [6.45, 7) is 6.83. The Labute approximate surface area is 186 Å². The molecule has 0 saturated carbocycles. The number of thiophene rings is 1. The van der Waals surface area contributed by atoms with Gasteiger partial charge in [0.15, 0.2) is 11.6 Å². The molecule has 0 bridgehead atoms. The van der Waals surface area contributed by atoms with E-state index in [2.05, 4.69) is 15.2 Å². The van der Waals surface area contributed by atoms with Crippen LogP contribution >= 0.6 is 34.7 Å². The van der Waals surface area contributed by atoms with Crippen LogP contribution in [0.5, 0.6) is 0 Å². The Bertz CT molecular complexity index is 1290. The summed E-state index contributed by atoms with van der Waals surface area (Å²) in [5.74, 6) is 0.129. The van der Waals surface area contributed by atoms with Crippen LogP contribution in [0.4, 0.5) is 0 Å². The maximum absolute atomic E-state index is 12.9. The smallest absolute Gasteiger partial charge is 0.277 e. The predicted octanol–water partition coefficient (Wildman–Crippen LogP) is 6.12. The molecular formula is C21H18ClN3O3S2. The van der Waals surface area contributed by atoms with Crippen LogP contribution in [0.3, 0.4) is 0 Å². The Morgan fingerprint density at radius 2 is 1.97 bits per heavy atom. The highest BCUT2D eigenvalue weighted by Gasteiger charge is 2.26. The van der Waals surface area contributed by atoms with Gasteiger partial charge < -0.3 is 9.40 Å². The van der Waals surface area contributed by atoms with Gasteiger partial charge in [0.05, 0.1) is 16.0 Å². The lowest BCUT2D eigenvalue weighted by molar-refractivity contribution is 0.0988. The van der Waals surface area contributed by atoms with Crippen LogP contribution in [0.25, 0.3) is 20.9 Å². The zero-order chi connectivity index (χ0) is 21.6. The van der Waals surface area contributed by atoms with E-state index in [4.69, 9.17) is 16.0 Å². The van der Waals surface area contributed by atoms with E-state index in [1.54, 1.807) is 20.8 Å². The van der Waals surface area contributed by atoms with Gasteiger partial charge in [-0.25, -0.2) is 0 Å². The third-order valence-electron chi connectivity index (χ3n) is 4.82. The average Bonchev–Trinajstić information content (AvgIpc) is 3.37. The van der Waals surface area contributed by atoms with Crippen molar-refractivity contribution in [3.05, 3.63) is 51.8 Å². The van der Waals surface area contributed by atoms with Crippen LogP contribution in [-0.2, 0) is 0 Å². The summed E-state index contributed by atoms with van der Waals surface area (Å²) in [4.78, 5) is 28.5. The fourth-order valence-corrected chi connectivity index (χ4v) is 5.61. The van der Waals surface area contributed by atoms with E-state index >= 15 is 0 Å². The van der Waals surface area contributed by atoms with Gasteiger partial charge in [-0.15, -0.1) is 21.5 Å². The number of thioether (sulfide) groups is 1. The summed E-state index contributed by atoms with van der Waals surface area (Å²) in [5, 5.41) is 9.50. The summed E-state index contributed by atoms with van der Waals surface area (Å²) < 4.78 is 6.82. The first-order chi connectivity index (χ1) is 14.3. The molecule has 0 radical (unpaired) electrons. The van der Waals surface area contributed by atoms with Crippen LogP contribution in [-0.4, -0.2) is 32.0 Å². The maximum atomic E-state index is 12.9. The first kappa shape index (κ1) is 20.8. The van der Waals surface area contributed by atoms with Crippen LogP contribution < -0.4 is 0 Å². The standard InChI is InChI=1S/C21H18ClN3O3S2/c1-9-15(11(3)26)10(2)23-17(9)18(27)12(4)29-21-25-24-20(28-21)19-16(22)13-7-5-6-8-14(13)30-19/h5-8,12,23H,1-4H3/t12-/m1/s1. The van der Waals surface area contributed by atoms with Gasteiger partial charge in [0.2, 0.25) is 0 Å². The topological polar surface area (TPSA) is 88.9 Å². The molecule has 1 aromatic carbocycles. The number of hydrogen-bond donors (Lipinski definition) is 1. The van der Waals surface area contributed by atoms with Crippen LogP contribution in [0.1, 0.15) is 46.0 Å². The summed E-state index contributed by atoms with van der Waals surface area (Å²) in [5.41, 5.74) is 2.36.